The molecule has 0 saturated carbocycles. The van der Waals surface area contributed by atoms with Crippen LogP contribution in [0.5, 0.6) is 0 Å². The Labute approximate surface area is 143 Å². The molecule has 4 N–H and O–H groups in total. The molecule has 0 heterocycles. The first kappa shape index (κ1) is 23.6. The molecule has 0 aliphatic carbocycles. The second-order valence-electron chi connectivity index (χ2n) is 5.22. The van der Waals surface area contributed by atoms with Crippen molar-refractivity contribution in [3.05, 3.63) is 0 Å². The summed E-state index contributed by atoms with van der Waals surface area (Å²) in [6.07, 6.45) is 0. The zero-order valence-electron chi connectivity index (χ0n) is 14.2. The number of rotatable bonds is 19. The van der Waals surface area contributed by atoms with E-state index in [4.69, 9.17) is 44.1 Å². The molecule has 0 unspecified atom stereocenters. The number of hydrogen-bond acceptors (Lipinski definition) is 9. The molecule has 9 nitrogen and oxygen atoms in total. The summed E-state index contributed by atoms with van der Waals surface area (Å²) in [5.41, 5.74) is -0.628. The Kier molecular flexibility index (Phi) is 17.2. The maximum atomic E-state index is 8.87. The molecule has 0 amide bonds. The van der Waals surface area contributed by atoms with Gasteiger partial charge in [-0.2, -0.15) is 0 Å². The lowest BCUT2D eigenvalue weighted by atomic mass is 9.92. The second kappa shape index (κ2) is 17.5. The number of aliphatic hydroxyl groups is 4. The molecular formula is C15H32O9. The van der Waals surface area contributed by atoms with E-state index in [9.17, 15) is 0 Å². The summed E-state index contributed by atoms with van der Waals surface area (Å²) < 4.78 is 27.0. The summed E-state index contributed by atoms with van der Waals surface area (Å²) in [5, 5.41) is 35.2. The van der Waals surface area contributed by atoms with E-state index in [0.717, 1.165) is 0 Å². The van der Waals surface area contributed by atoms with Crippen molar-refractivity contribution < 1.29 is 44.1 Å². The fourth-order valence-electron chi connectivity index (χ4n) is 1.88. The van der Waals surface area contributed by atoms with Gasteiger partial charge in [-0.05, 0) is 0 Å². The van der Waals surface area contributed by atoms with Gasteiger partial charge in [0.2, 0.25) is 0 Å². The van der Waals surface area contributed by atoms with Crippen molar-refractivity contribution in [3.63, 3.8) is 0 Å². The molecule has 0 rings (SSSR count). The lowest BCUT2D eigenvalue weighted by Gasteiger charge is -2.32. The third kappa shape index (κ3) is 13.0. The predicted molar refractivity (Wildman–Crippen MR) is 84.9 cm³/mol. The molecule has 0 bridgehead atoms. The van der Waals surface area contributed by atoms with Gasteiger partial charge >= 0.3 is 0 Å². The average molecular weight is 356 g/mol. The van der Waals surface area contributed by atoms with Crippen LogP contribution in [0.1, 0.15) is 0 Å². The van der Waals surface area contributed by atoms with E-state index in [-0.39, 0.29) is 79.3 Å². The van der Waals surface area contributed by atoms with E-state index in [1.165, 1.54) is 0 Å². The van der Waals surface area contributed by atoms with Crippen molar-refractivity contribution in [1.29, 1.82) is 0 Å². The quantitative estimate of drug-likeness (QED) is 0.195. The van der Waals surface area contributed by atoms with Gasteiger partial charge in [0, 0.05) is 0 Å². The summed E-state index contributed by atoms with van der Waals surface area (Å²) in [6, 6.07) is 0. The lowest BCUT2D eigenvalue weighted by Crippen LogP contribution is -2.42. The first-order valence-corrected chi connectivity index (χ1v) is 8.07. The van der Waals surface area contributed by atoms with Gasteiger partial charge in [-0.3, -0.25) is 0 Å². The Hall–Kier alpha value is -0.360. The minimum atomic E-state index is -0.628. The Morgan fingerprint density at radius 1 is 0.417 bits per heavy atom. The molecule has 0 aromatic rings. The smallest absolute Gasteiger partial charge is 0.0701 e. The highest BCUT2D eigenvalue weighted by molar-refractivity contribution is 4.79. The summed E-state index contributed by atoms with van der Waals surface area (Å²) >= 11 is 0. The monoisotopic (exact) mass is 356 g/mol. The molecule has 0 radical (unpaired) electrons. The van der Waals surface area contributed by atoms with Crippen molar-refractivity contribution in [2.24, 2.45) is 5.41 Å². The van der Waals surface area contributed by atoms with Crippen LogP contribution in [-0.4, -0.2) is 113 Å². The van der Waals surface area contributed by atoms with E-state index in [1.807, 2.05) is 0 Å². The van der Waals surface area contributed by atoms with Gasteiger partial charge in [0.1, 0.15) is 0 Å². The third-order valence-corrected chi connectivity index (χ3v) is 2.95. The van der Waals surface area contributed by atoms with Gasteiger partial charge in [0.05, 0.1) is 97.9 Å². The maximum Gasteiger partial charge on any atom is 0.0701 e. The Morgan fingerprint density at radius 3 is 1.08 bits per heavy atom. The molecule has 0 fully saturated rings. The largest absolute Gasteiger partial charge is 0.394 e. The highest BCUT2D eigenvalue weighted by Gasteiger charge is 2.32. The van der Waals surface area contributed by atoms with Gasteiger partial charge in [-0.25, -0.2) is 0 Å². The Balaban J connectivity index is 4.48. The Bertz CT molecular complexity index is 227. The van der Waals surface area contributed by atoms with Crippen LogP contribution in [0.4, 0.5) is 0 Å². The summed E-state index contributed by atoms with van der Waals surface area (Å²) in [7, 11) is 0. The van der Waals surface area contributed by atoms with Crippen molar-refractivity contribution in [2.75, 3.05) is 92.5 Å². The molecular weight excluding hydrogens is 324 g/mol. The zero-order chi connectivity index (χ0) is 17.9. The van der Waals surface area contributed by atoms with Crippen molar-refractivity contribution >= 4 is 0 Å². The van der Waals surface area contributed by atoms with Gasteiger partial charge in [0.15, 0.2) is 0 Å². The SMILES string of the molecule is OCCOCCOCC(COCCO)(COCCO)COCCO. The molecule has 0 saturated heterocycles. The maximum absolute atomic E-state index is 8.87. The average Bonchev–Trinajstić information content (AvgIpc) is 2.58. The van der Waals surface area contributed by atoms with E-state index >= 15 is 0 Å². The van der Waals surface area contributed by atoms with Crippen LogP contribution in [0.25, 0.3) is 0 Å². The topological polar surface area (TPSA) is 127 Å². The minimum Gasteiger partial charge on any atom is -0.394 e. The normalized spacial score (nSPS) is 12.0. The predicted octanol–water partition coefficient (Wildman–Crippen LogP) is -1.97. The number of aliphatic hydroxyl groups excluding tert-OH is 4. The van der Waals surface area contributed by atoms with E-state index < -0.39 is 5.41 Å². The molecule has 146 valence electrons. The minimum absolute atomic E-state index is 0.0388. The molecule has 0 aromatic carbocycles. The zero-order valence-corrected chi connectivity index (χ0v) is 14.2. The lowest BCUT2D eigenvalue weighted by molar-refractivity contribution is -0.117. The van der Waals surface area contributed by atoms with Gasteiger partial charge in [-0.1, -0.05) is 0 Å². The van der Waals surface area contributed by atoms with Crippen LogP contribution in [0, 0.1) is 5.41 Å². The highest BCUT2D eigenvalue weighted by Crippen LogP contribution is 2.20. The standard InChI is InChI=1S/C15H32O9/c16-1-5-20-9-10-24-14-15(11-21-6-2-17,12-22-7-3-18)13-23-8-4-19/h16-19H,1-14H2. The van der Waals surface area contributed by atoms with Crippen molar-refractivity contribution in [3.8, 4) is 0 Å². The third-order valence-electron chi connectivity index (χ3n) is 2.95. The van der Waals surface area contributed by atoms with Crippen molar-refractivity contribution in [1.82, 2.24) is 0 Å². The van der Waals surface area contributed by atoms with Crippen LogP contribution >= 0.6 is 0 Å². The number of hydrogen-bond donors (Lipinski definition) is 4. The molecule has 0 aliphatic rings. The van der Waals surface area contributed by atoms with Gasteiger partial charge in [-0.15, -0.1) is 0 Å². The first-order valence-electron chi connectivity index (χ1n) is 8.07. The molecule has 0 atom stereocenters. The fourth-order valence-corrected chi connectivity index (χ4v) is 1.88. The van der Waals surface area contributed by atoms with Crippen LogP contribution in [-0.2, 0) is 23.7 Å². The van der Waals surface area contributed by atoms with Crippen LogP contribution in [0.2, 0.25) is 0 Å². The second-order valence-corrected chi connectivity index (χ2v) is 5.22. The Morgan fingerprint density at radius 2 is 0.708 bits per heavy atom. The van der Waals surface area contributed by atoms with Crippen LogP contribution < -0.4 is 0 Å². The first-order chi connectivity index (χ1) is 11.7. The molecule has 0 aromatic heterocycles. The van der Waals surface area contributed by atoms with E-state index in [2.05, 4.69) is 0 Å². The summed E-state index contributed by atoms with van der Waals surface area (Å²) in [6.45, 7) is 2.14. The highest BCUT2D eigenvalue weighted by atomic mass is 16.5. The van der Waals surface area contributed by atoms with Crippen LogP contribution in [0.3, 0.4) is 0 Å². The van der Waals surface area contributed by atoms with Crippen LogP contribution in [0.15, 0.2) is 0 Å². The molecule has 0 spiro atoms. The van der Waals surface area contributed by atoms with E-state index in [1.54, 1.807) is 0 Å². The summed E-state index contributed by atoms with van der Waals surface area (Å²) in [5.74, 6) is 0. The van der Waals surface area contributed by atoms with E-state index in [0.29, 0.717) is 13.2 Å². The van der Waals surface area contributed by atoms with Gasteiger partial charge < -0.3 is 44.1 Å². The molecule has 9 heteroatoms. The molecule has 0 aliphatic heterocycles. The summed E-state index contributed by atoms with van der Waals surface area (Å²) in [4.78, 5) is 0. The van der Waals surface area contributed by atoms with Crippen molar-refractivity contribution in [2.45, 2.75) is 0 Å². The van der Waals surface area contributed by atoms with Gasteiger partial charge in [0.25, 0.3) is 0 Å². The fraction of sp³-hybridized carbons (Fsp3) is 1.00. The molecule has 24 heavy (non-hydrogen) atoms. The number of ether oxygens (including phenoxy) is 5.